The van der Waals surface area contributed by atoms with Crippen LogP contribution in [0.2, 0.25) is 0 Å². The van der Waals surface area contributed by atoms with Crippen molar-refractivity contribution in [3.05, 3.63) is 69.3 Å². The van der Waals surface area contributed by atoms with E-state index in [9.17, 15) is 9.59 Å². The molecule has 1 aromatic carbocycles. The van der Waals surface area contributed by atoms with Crippen LogP contribution in [0.1, 0.15) is 33.7 Å². The van der Waals surface area contributed by atoms with Crippen LogP contribution < -0.4 is 5.63 Å². The van der Waals surface area contributed by atoms with Crippen molar-refractivity contribution in [3.8, 4) is 0 Å². The molecule has 0 bridgehead atoms. The predicted molar refractivity (Wildman–Crippen MR) is 109 cm³/mol. The van der Waals surface area contributed by atoms with Crippen molar-refractivity contribution in [3.63, 3.8) is 0 Å². The Morgan fingerprint density at radius 2 is 1.90 bits per heavy atom. The van der Waals surface area contributed by atoms with Gasteiger partial charge in [-0.25, -0.2) is 4.79 Å². The van der Waals surface area contributed by atoms with Gasteiger partial charge in [-0.3, -0.25) is 4.79 Å². The van der Waals surface area contributed by atoms with Crippen molar-refractivity contribution >= 4 is 5.91 Å². The number of nitrogens with zero attached hydrogens (tertiary/aromatic N) is 1. The van der Waals surface area contributed by atoms with E-state index in [0.717, 1.165) is 39.1 Å². The maximum Gasteiger partial charge on any atom is 0.349 e. The highest BCUT2D eigenvalue weighted by Gasteiger charge is 2.51. The monoisotopic (exact) mass is 393 g/mol. The van der Waals surface area contributed by atoms with Gasteiger partial charge in [0.2, 0.25) is 0 Å². The van der Waals surface area contributed by atoms with Crippen molar-refractivity contribution in [1.29, 1.82) is 0 Å². The fourth-order valence-electron chi connectivity index (χ4n) is 5.64. The van der Waals surface area contributed by atoms with Gasteiger partial charge in [-0.05, 0) is 60.6 Å². The third-order valence-corrected chi connectivity index (χ3v) is 7.10. The fourth-order valence-corrected chi connectivity index (χ4v) is 5.64. The van der Waals surface area contributed by atoms with Crippen molar-refractivity contribution in [2.75, 3.05) is 26.3 Å². The molecule has 0 spiro atoms. The molecule has 5 nitrogen and oxygen atoms in total. The fraction of sp³-hybridized carbons (Fsp3) is 0.500. The van der Waals surface area contributed by atoms with Gasteiger partial charge < -0.3 is 14.1 Å². The molecule has 2 aromatic rings. The normalized spacial score (nSPS) is 27.8. The smallest absolute Gasteiger partial charge is 0.349 e. The molecule has 3 heterocycles. The second-order valence-electron chi connectivity index (χ2n) is 8.87. The first-order valence-corrected chi connectivity index (χ1v) is 10.6. The highest BCUT2D eigenvalue weighted by molar-refractivity contribution is 5.95. The number of rotatable bonds is 4. The molecule has 1 aromatic heterocycles. The number of amides is 1. The largest absolute Gasteiger partial charge is 0.427 e. The average molecular weight is 393 g/mol. The Morgan fingerprint density at radius 1 is 1.07 bits per heavy atom. The zero-order chi connectivity index (χ0) is 20.0. The van der Waals surface area contributed by atoms with Crippen LogP contribution in [0.3, 0.4) is 0 Å². The molecule has 1 aliphatic carbocycles. The average Bonchev–Trinajstić information content (AvgIpc) is 3.39. The molecule has 5 heteroatoms. The lowest BCUT2D eigenvalue weighted by Crippen LogP contribution is -2.35. The van der Waals surface area contributed by atoms with Crippen molar-refractivity contribution in [1.82, 2.24) is 4.90 Å². The van der Waals surface area contributed by atoms with Gasteiger partial charge in [0.15, 0.2) is 0 Å². The predicted octanol–water partition coefficient (Wildman–Crippen LogP) is 3.09. The molecule has 4 atom stereocenters. The van der Waals surface area contributed by atoms with E-state index >= 15 is 0 Å². The molecule has 0 N–H and O–H groups in total. The van der Waals surface area contributed by atoms with Gasteiger partial charge >= 0.3 is 5.63 Å². The molecular formula is C24H27NO4. The van der Waals surface area contributed by atoms with Crippen LogP contribution in [0, 0.1) is 30.6 Å². The zero-order valence-corrected chi connectivity index (χ0v) is 16.8. The number of carbonyl (C=O) groups excluding carboxylic acids is 1. The van der Waals surface area contributed by atoms with Crippen LogP contribution in [0.15, 0.2) is 45.6 Å². The highest BCUT2D eigenvalue weighted by Crippen LogP contribution is 2.48. The van der Waals surface area contributed by atoms with Crippen molar-refractivity contribution < 1.29 is 13.9 Å². The second kappa shape index (κ2) is 7.45. The molecule has 2 saturated heterocycles. The van der Waals surface area contributed by atoms with Gasteiger partial charge in [0, 0.05) is 26.1 Å². The van der Waals surface area contributed by atoms with Crippen LogP contribution in [0.4, 0.5) is 0 Å². The van der Waals surface area contributed by atoms with Crippen LogP contribution in [0.5, 0.6) is 0 Å². The van der Waals surface area contributed by atoms with E-state index in [0.29, 0.717) is 41.4 Å². The van der Waals surface area contributed by atoms with Gasteiger partial charge in [0.05, 0.1) is 6.61 Å². The number of ether oxygens (including phenoxy) is 1. The number of hydrogen-bond acceptors (Lipinski definition) is 4. The van der Waals surface area contributed by atoms with Crippen LogP contribution in [-0.4, -0.2) is 37.1 Å². The van der Waals surface area contributed by atoms with Gasteiger partial charge in [-0.2, -0.15) is 0 Å². The molecule has 1 amide bonds. The molecule has 2 aliphatic heterocycles. The second-order valence-corrected chi connectivity index (χ2v) is 8.87. The summed E-state index contributed by atoms with van der Waals surface area (Å²) in [5.74, 6) is 2.78. The summed E-state index contributed by atoms with van der Waals surface area (Å²) >= 11 is 0. The summed E-state index contributed by atoms with van der Waals surface area (Å²) in [4.78, 5) is 27.7. The number of likely N-dealkylation sites (tertiary alicyclic amines) is 1. The Hall–Kier alpha value is -2.40. The Bertz CT molecular complexity index is 967. The first kappa shape index (κ1) is 18.6. The van der Waals surface area contributed by atoms with E-state index in [1.54, 1.807) is 0 Å². The molecular weight excluding hydrogens is 366 g/mol. The van der Waals surface area contributed by atoms with E-state index in [2.05, 4.69) is 12.1 Å². The minimum absolute atomic E-state index is 0.171. The maximum absolute atomic E-state index is 13.1. The molecule has 3 aliphatic rings. The molecule has 152 valence electrons. The van der Waals surface area contributed by atoms with E-state index in [4.69, 9.17) is 9.15 Å². The topological polar surface area (TPSA) is 59.8 Å². The maximum atomic E-state index is 13.1. The summed E-state index contributed by atoms with van der Waals surface area (Å²) in [5.41, 5.74) is 1.61. The quantitative estimate of drug-likeness (QED) is 0.801. The Labute approximate surface area is 170 Å². The summed E-state index contributed by atoms with van der Waals surface area (Å²) < 4.78 is 11.2. The van der Waals surface area contributed by atoms with Crippen LogP contribution in [-0.2, 0) is 17.6 Å². The number of benzene rings is 1. The zero-order valence-electron chi connectivity index (χ0n) is 16.8. The first-order valence-electron chi connectivity index (χ1n) is 10.6. The van der Waals surface area contributed by atoms with E-state index in [-0.39, 0.29) is 11.5 Å². The van der Waals surface area contributed by atoms with Gasteiger partial charge in [0.1, 0.15) is 11.3 Å². The molecule has 5 rings (SSSR count). The lowest BCUT2D eigenvalue weighted by atomic mass is 9.91. The third-order valence-electron chi connectivity index (χ3n) is 7.10. The SMILES string of the molecule is Cc1cc(CCc2ccccc2)oc(=O)c1C(=O)N1C[C@@H]2C[C@@H]3COC[C@@H]3[C@@H]2C1. The molecule has 1 saturated carbocycles. The Morgan fingerprint density at radius 3 is 2.69 bits per heavy atom. The summed E-state index contributed by atoms with van der Waals surface area (Å²) in [6.07, 6.45) is 2.59. The minimum atomic E-state index is -0.503. The Balaban J connectivity index is 1.30. The van der Waals surface area contributed by atoms with Crippen molar-refractivity contribution in [2.24, 2.45) is 23.7 Å². The van der Waals surface area contributed by atoms with Gasteiger partial charge in [-0.1, -0.05) is 30.3 Å². The van der Waals surface area contributed by atoms with Gasteiger partial charge in [0.25, 0.3) is 5.91 Å². The molecule has 3 fully saturated rings. The molecule has 0 radical (unpaired) electrons. The summed E-state index contributed by atoms with van der Waals surface area (Å²) in [7, 11) is 0. The van der Waals surface area contributed by atoms with Crippen LogP contribution in [0.25, 0.3) is 0 Å². The van der Waals surface area contributed by atoms with E-state index in [1.165, 1.54) is 5.56 Å². The number of carbonyl (C=O) groups is 1. The molecule has 29 heavy (non-hydrogen) atoms. The lowest BCUT2D eigenvalue weighted by molar-refractivity contribution is 0.0768. The summed E-state index contributed by atoms with van der Waals surface area (Å²) in [6.45, 7) is 5.03. The summed E-state index contributed by atoms with van der Waals surface area (Å²) in [5, 5.41) is 0. The molecule has 0 unspecified atom stereocenters. The van der Waals surface area contributed by atoms with Gasteiger partial charge in [-0.15, -0.1) is 0 Å². The first-order chi connectivity index (χ1) is 14.1. The van der Waals surface area contributed by atoms with Crippen LogP contribution >= 0.6 is 0 Å². The van der Waals surface area contributed by atoms with E-state index in [1.807, 2.05) is 36.1 Å². The summed E-state index contributed by atoms with van der Waals surface area (Å²) in [6, 6.07) is 12.0. The number of fused-ring (bicyclic) bond motifs is 3. The lowest BCUT2D eigenvalue weighted by Gasteiger charge is -2.20. The van der Waals surface area contributed by atoms with Crippen molar-refractivity contribution in [2.45, 2.75) is 26.2 Å². The third kappa shape index (κ3) is 3.42. The highest BCUT2D eigenvalue weighted by atomic mass is 16.5. The Kier molecular flexibility index (Phi) is 4.78. The standard InChI is InChI=1S/C24H27NO4/c1-15-9-19(8-7-16-5-3-2-4-6-16)29-24(27)22(15)23(26)25-11-17-10-18-13-28-14-21(18)20(17)12-25/h2-6,9,17-18,20-21H,7-8,10-14H2,1H3/t17-,18+,20+,21-/m0/s1. The number of hydrogen-bond donors (Lipinski definition) is 0. The minimum Gasteiger partial charge on any atom is -0.427 e. The number of aryl methyl sites for hydroxylation is 3. The van der Waals surface area contributed by atoms with E-state index < -0.39 is 5.63 Å².